The third-order valence-electron chi connectivity index (χ3n) is 6.03. The van der Waals surface area contributed by atoms with Gasteiger partial charge in [-0.15, -0.1) is 0 Å². The van der Waals surface area contributed by atoms with E-state index in [1.54, 1.807) is 24.3 Å². The van der Waals surface area contributed by atoms with Crippen molar-refractivity contribution >= 4 is 17.5 Å². The van der Waals surface area contributed by atoms with E-state index in [2.05, 4.69) is 0 Å². The number of hydrogen-bond acceptors (Lipinski definition) is 3. The molecular formula is C20H23NO3. The second kappa shape index (κ2) is 6.15. The first-order valence-corrected chi connectivity index (χ1v) is 9.13. The molecule has 1 saturated carbocycles. The molecule has 24 heavy (non-hydrogen) atoms. The first kappa shape index (κ1) is 15.6. The predicted molar refractivity (Wildman–Crippen MR) is 89.9 cm³/mol. The van der Waals surface area contributed by atoms with Crippen LogP contribution in [0, 0.1) is 11.8 Å². The zero-order valence-electron chi connectivity index (χ0n) is 13.9. The van der Waals surface area contributed by atoms with E-state index in [0.717, 1.165) is 19.4 Å². The monoisotopic (exact) mass is 325 g/mol. The highest BCUT2D eigenvalue weighted by molar-refractivity contribution is 6.27. The third kappa shape index (κ3) is 2.48. The first-order chi connectivity index (χ1) is 11.7. The molecule has 4 heteroatoms. The normalized spacial score (nSPS) is 27.1. The van der Waals surface area contributed by atoms with Crippen molar-refractivity contribution in [2.24, 2.45) is 11.8 Å². The SMILES string of the molecule is O=C1c2ccccc2C(=O)C1CC(=O)N1CCCC2CCCCC21. The Morgan fingerprint density at radius 3 is 2.29 bits per heavy atom. The fraction of sp³-hybridized carbons (Fsp3) is 0.550. The van der Waals surface area contributed by atoms with E-state index < -0.39 is 5.92 Å². The van der Waals surface area contributed by atoms with Gasteiger partial charge in [-0.2, -0.15) is 0 Å². The Labute approximate surface area is 142 Å². The molecule has 0 radical (unpaired) electrons. The minimum Gasteiger partial charge on any atom is -0.339 e. The van der Waals surface area contributed by atoms with Gasteiger partial charge in [0, 0.05) is 30.1 Å². The van der Waals surface area contributed by atoms with Crippen LogP contribution in [0.15, 0.2) is 24.3 Å². The molecule has 2 atom stereocenters. The van der Waals surface area contributed by atoms with Gasteiger partial charge in [-0.1, -0.05) is 37.1 Å². The molecule has 1 aromatic rings. The summed E-state index contributed by atoms with van der Waals surface area (Å²) >= 11 is 0. The number of amides is 1. The minimum absolute atomic E-state index is 0.00824. The lowest BCUT2D eigenvalue weighted by Gasteiger charge is -2.44. The van der Waals surface area contributed by atoms with Gasteiger partial charge in [-0.3, -0.25) is 14.4 Å². The van der Waals surface area contributed by atoms with Crippen molar-refractivity contribution in [2.75, 3.05) is 6.54 Å². The average molecular weight is 325 g/mol. The summed E-state index contributed by atoms with van der Waals surface area (Å²) in [6.07, 6.45) is 7.01. The number of carbonyl (C=O) groups excluding carboxylic acids is 3. The minimum atomic E-state index is -0.807. The molecule has 4 rings (SSSR count). The van der Waals surface area contributed by atoms with Crippen LogP contribution in [-0.4, -0.2) is 35.0 Å². The summed E-state index contributed by atoms with van der Waals surface area (Å²) in [6.45, 7) is 0.780. The number of carbonyl (C=O) groups is 3. The Kier molecular flexibility index (Phi) is 3.99. The molecule has 126 valence electrons. The van der Waals surface area contributed by atoms with Crippen LogP contribution in [0.1, 0.15) is 65.7 Å². The number of fused-ring (bicyclic) bond motifs is 2. The summed E-state index contributed by atoms with van der Waals surface area (Å²) in [6, 6.07) is 7.25. The van der Waals surface area contributed by atoms with Gasteiger partial charge in [-0.25, -0.2) is 0 Å². The quantitative estimate of drug-likeness (QED) is 0.784. The summed E-state index contributed by atoms with van der Waals surface area (Å²) in [5.41, 5.74) is 0.962. The van der Waals surface area contributed by atoms with Gasteiger partial charge >= 0.3 is 0 Å². The lowest BCUT2D eigenvalue weighted by Crippen LogP contribution is -2.50. The van der Waals surface area contributed by atoms with Crippen LogP contribution in [0.4, 0.5) is 0 Å². The number of benzene rings is 1. The number of likely N-dealkylation sites (tertiary alicyclic amines) is 1. The van der Waals surface area contributed by atoms with Gasteiger partial charge in [0.15, 0.2) is 11.6 Å². The van der Waals surface area contributed by atoms with Crippen molar-refractivity contribution in [1.29, 1.82) is 0 Å². The van der Waals surface area contributed by atoms with Crippen molar-refractivity contribution < 1.29 is 14.4 Å². The second-order valence-electron chi connectivity index (χ2n) is 7.37. The molecule has 1 amide bonds. The Morgan fingerprint density at radius 1 is 0.958 bits per heavy atom. The Balaban J connectivity index is 1.50. The fourth-order valence-electron chi connectivity index (χ4n) is 4.82. The van der Waals surface area contributed by atoms with Gasteiger partial charge in [-0.05, 0) is 31.6 Å². The maximum atomic E-state index is 12.9. The zero-order chi connectivity index (χ0) is 16.7. The average Bonchev–Trinajstić information content (AvgIpc) is 2.86. The maximum Gasteiger partial charge on any atom is 0.224 e. The molecule has 1 aliphatic heterocycles. The number of ketones is 2. The zero-order valence-corrected chi connectivity index (χ0v) is 13.9. The molecule has 0 spiro atoms. The lowest BCUT2D eigenvalue weighted by atomic mass is 9.78. The van der Waals surface area contributed by atoms with Gasteiger partial charge < -0.3 is 4.90 Å². The first-order valence-electron chi connectivity index (χ1n) is 9.13. The summed E-state index contributed by atoms with van der Waals surface area (Å²) in [7, 11) is 0. The van der Waals surface area contributed by atoms with E-state index in [9.17, 15) is 14.4 Å². The standard InChI is InChI=1S/C20H23NO3/c22-18(21-11-5-7-13-6-1-4-10-17(13)21)12-16-19(23)14-8-2-3-9-15(14)20(16)24/h2-3,8-9,13,16-17H,1,4-7,10-12H2. The molecule has 1 heterocycles. The molecule has 0 N–H and O–H groups in total. The molecular weight excluding hydrogens is 302 g/mol. The summed E-state index contributed by atoms with van der Waals surface area (Å²) in [5.74, 6) is -0.559. The number of hydrogen-bond donors (Lipinski definition) is 0. The van der Waals surface area contributed by atoms with Crippen molar-refractivity contribution in [1.82, 2.24) is 4.90 Å². The van der Waals surface area contributed by atoms with E-state index in [1.807, 2.05) is 4.90 Å². The molecule has 1 saturated heterocycles. The molecule has 4 nitrogen and oxygen atoms in total. The van der Waals surface area contributed by atoms with Crippen molar-refractivity contribution in [3.63, 3.8) is 0 Å². The Bertz CT molecular complexity index is 659. The third-order valence-corrected chi connectivity index (χ3v) is 6.03. The molecule has 2 fully saturated rings. The van der Waals surface area contributed by atoms with Crippen molar-refractivity contribution in [3.05, 3.63) is 35.4 Å². The number of rotatable bonds is 2. The van der Waals surface area contributed by atoms with E-state index in [1.165, 1.54) is 25.7 Å². The van der Waals surface area contributed by atoms with E-state index >= 15 is 0 Å². The largest absolute Gasteiger partial charge is 0.339 e. The van der Waals surface area contributed by atoms with Crippen LogP contribution in [-0.2, 0) is 4.79 Å². The Hall–Kier alpha value is -1.97. The highest BCUT2D eigenvalue weighted by Gasteiger charge is 2.42. The maximum absolute atomic E-state index is 12.9. The van der Waals surface area contributed by atoms with E-state index in [-0.39, 0.29) is 23.9 Å². The predicted octanol–water partition coefficient (Wildman–Crippen LogP) is 3.25. The summed E-state index contributed by atoms with van der Waals surface area (Å²) in [5, 5.41) is 0. The van der Waals surface area contributed by atoms with Crippen molar-refractivity contribution in [3.8, 4) is 0 Å². The fourth-order valence-corrected chi connectivity index (χ4v) is 4.82. The Morgan fingerprint density at radius 2 is 1.58 bits per heavy atom. The lowest BCUT2D eigenvalue weighted by molar-refractivity contribution is -0.138. The topological polar surface area (TPSA) is 54.5 Å². The van der Waals surface area contributed by atoms with E-state index in [4.69, 9.17) is 0 Å². The molecule has 3 aliphatic rings. The molecule has 2 aliphatic carbocycles. The molecule has 0 aromatic heterocycles. The second-order valence-corrected chi connectivity index (χ2v) is 7.37. The van der Waals surface area contributed by atoms with Crippen LogP contribution >= 0.6 is 0 Å². The summed E-state index contributed by atoms with van der Waals surface area (Å²) < 4.78 is 0. The number of nitrogens with zero attached hydrogens (tertiary/aromatic N) is 1. The van der Waals surface area contributed by atoms with Crippen LogP contribution in [0.3, 0.4) is 0 Å². The van der Waals surface area contributed by atoms with Crippen LogP contribution in [0.25, 0.3) is 0 Å². The van der Waals surface area contributed by atoms with Crippen LogP contribution in [0.2, 0.25) is 0 Å². The van der Waals surface area contributed by atoms with Crippen LogP contribution < -0.4 is 0 Å². The van der Waals surface area contributed by atoms with Gasteiger partial charge in [0.25, 0.3) is 0 Å². The van der Waals surface area contributed by atoms with Gasteiger partial charge in [0.1, 0.15) is 0 Å². The van der Waals surface area contributed by atoms with Crippen LogP contribution in [0.5, 0.6) is 0 Å². The number of Topliss-reactive ketones (excluding diaryl/α,β-unsaturated/α-hetero) is 2. The molecule has 0 bridgehead atoms. The van der Waals surface area contributed by atoms with Gasteiger partial charge in [0.05, 0.1) is 5.92 Å². The van der Waals surface area contributed by atoms with Gasteiger partial charge in [0.2, 0.25) is 5.91 Å². The smallest absolute Gasteiger partial charge is 0.224 e. The van der Waals surface area contributed by atoms with E-state index in [0.29, 0.717) is 23.1 Å². The molecule has 2 unspecified atom stereocenters. The summed E-state index contributed by atoms with van der Waals surface area (Å²) in [4.78, 5) is 39.9. The highest BCUT2D eigenvalue weighted by Crippen LogP contribution is 2.36. The molecule has 1 aromatic carbocycles. The number of piperidine rings is 1. The highest BCUT2D eigenvalue weighted by atomic mass is 16.2. The van der Waals surface area contributed by atoms with Crippen molar-refractivity contribution in [2.45, 2.75) is 51.0 Å².